The van der Waals surface area contributed by atoms with Crippen LogP contribution in [0.2, 0.25) is 10.0 Å². The summed E-state index contributed by atoms with van der Waals surface area (Å²) in [4.78, 5) is 6.91. The van der Waals surface area contributed by atoms with Crippen molar-refractivity contribution in [2.45, 2.75) is 11.3 Å². The number of thiazole rings is 1. The van der Waals surface area contributed by atoms with E-state index >= 15 is 0 Å². The topological polar surface area (TPSA) is 72.0 Å². The Balaban J connectivity index is 1.41. The van der Waals surface area contributed by atoms with Crippen molar-refractivity contribution in [1.82, 2.24) is 9.29 Å². The van der Waals surface area contributed by atoms with Crippen LogP contribution >= 0.6 is 34.5 Å². The molecule has 1 aliphatic heterocycles. The number of benzene rings is 2. The van der Waals surface area contributed by atoms with Crippen molar-refractivity contribution in [1.29, 1.82) is 0 Å². The third-order valence-electron chi connectivity index (χ3n) is 5.39. The van der Waals surface area contributed by atoms with Crippen molar-refractivity contribution in [3.05, 3.63) is 63.1 Å². The highest BCUT2D eigenvalue weighted by Crippen LogP contribution is 2.31. The molecule has 0 N–H and O–H groups in total. The molecule has 0 bridgehead atoms. The molecule has 1 aromatic heterocycles. The molecule has 1 saturated heterocycles. The second-order valence-corrected chi connectivity index (χ2v) is 11.0. The third-order valence-corrected chi connectivity index (χ3v) is 8.96. The molecule has 0 radical (unpaired) electrons. The lowest BCUT2D eigenvalue weighted by molar-refractivity contribution is 0.354. The summed E-state index contributed by atoms with van der Waals surface area (Å²) in [6.07, 6.45) is 0.665. The number of piperazine rings is 1. The molecule has 0 aliphatic carbocycles. The maximum Gasteiger partial charge on any atom is 0.244 e. The van der Waals surface area contributed by atoms with Crippen LogP contribution in [0.1, 0.15) is 11.3 Å². The number of anilines is 1. The van der Waals surface area contributed by atoms with Crippen molar-refractivity contribution in [3.63, 3.8) is 0 Å². The van der Waals surface area contributed by atoms with Gasteiger partial charge in [0.05, 0.1) is 24.9 Å². The van der Waals surface area contributed by atoms with E-state index < -0.39 is 10.0 Å². The molecule has 7 nitrogen and oxygen atoms in total. The van der Waals surface area contributed by atoms with E-state index in [0.717, 1.165) is 16.4 Å². The van der Waals surface area contributed by atoms with Crippen molar-refractivity contribution in [2.75, 3.05) is 45.3 Å². The Morgan fingerprint density at radius 3 is 2.42 bits per heavy atom. The lowest BCUT2D eigenvalue weighted by Gasteiger charge is -2.34. The molecule has 0 saturated carbocycles. The Labute approximate surface area is 207 Å². The third kappa shape index (κ3) is 5.22. The van der Waals surface area contributed by atoms with E-state index in [9.17, 15) is 8.42 Å². The summed E-state index contributed by atoms with van der Waals surface area (Å²) in [5.74, 6) is 1.37. The highest BCUT2D eigenvalue weighted by molar-refractivity contribution is 7.89. The van der Waals surface area contributed by atoms with Gasteiger partial charge < -0.3 is 14.4 Å². The molecule has 1 fully saturated rings. The molecule has 0 atom stereocenters. The summed E-state index contributed by atoms with van der Waals surface area (Å²) < 4.78 is 38.2. The zero-order valence-corrected chi connectivity index (χ0v) is 21.3. The average Bonchev–Trinajstić information content (AvgIpc) is 3.29. The van der Waals surface area contributed by atoms with Gasteiger partial charge in [0.2, 0.25) is 10.0 Å². The standard InChI is InChI=1S/C22H23Cl2N3O4S2/c1-30-19-6-3-15(12-20(19)31-2)11-17-14-32-22(25-17)26-7-9-27(10-8-26)33(28,29)21-13-16(23)4-5-18(21)24/h3-6,12-14H,7-11H2,1-2H3. The second kappa shape index (κ2) is 10.1. The normalized spacial score (nSPS) is 15.0. The van der Waals surface area contributed by atoms with Crippen LogP contribution < -0.4 is 14.4 Å². The number of methoxy groups -OCH3 is 2. The highest BCUT2D eigenvalue weighted by Gasteiger charge is 2.31. The minimum absolute atomic E-state index is 0.0385. The number of aromatic nitrogens is 1. The Morgan fingerprint density at radius 1 is 1.00 bits per heavy atom. The smallest absolute Gasteiger partial charge is 0.244 e. The van der Waals surface area contributed by atoms with Gasteiger partial charge >= 0.3 is 0 Å². The van der Waals surface area contributed by atoms with Crippen molar-refractivity contribution >= 4 is 49.7 Å². The molecule has 4 rings (SSSR count). The van der Waals surface area contributed by atoms with E-state index in [4.69, 9.17) is 37.7 Å². The number of halogens is 2. The highest BCUT2D eigenvalue weighted by atomic mass is 35.5. The summed E-state index contributed by atoms with van der Waals surface area (Å²) in [6.45, 7) is 1.77. The maximum absolute atomic E-state index is 13.0. The van der Waals surface area contributed by atoms with Gasteiger partial charge in [0.1, 0.15) is 4.90 Å². The Hall–Kier alpha value is -2.04. The molecule has 176 valence electrons. The van der Waals surface area contributed by atoms with Gasteiger partial charge in [-0.25, -0.2) is 13.4 Å². The number of sulfonamides is 1. The maximum atomic E-state index is 13.0. The molecule has 11 heteroatoms. The predicted octanol–water partition coefficient (Wildman–Crippen LogP) is 4.57. The van der Waals surface area contributed by atoms with Gasteiger partial charge in [-0.2, -0.15) is 4.31 Å². The fourth-order valence-electron chi connectivity index (χ4n) is 3.66. The van der Waals surface area contributed by atoms with Crippen molar-refractivity contribution in [3.8, 4) is 11.5 Å². The number of nitrogens with zero attached hydrogens (tertiary/aromatic N) is 3. The fraction of sp³-hybridized carbons (Fsp3) is 0.318. The fourth-order valence-corrected chi connectivity index (χ4v) is 6.69. The molecular formula is C22H23Cl2N3O4S2. The van der Waals surface area contributed by atoms with Gasteiger partial charge in [-0.05, 0) is 35.9 Å². The van der Waals surface area contributed by atoms with E-state index in [2.05, 4.69) is 4.90 Å². The van der Waals surface area contributed by atoms with E-state index in [0.29, 0.717) is 49.1 Å². The first kappa shape index (κ1) is 24.1. The molecule has 0 unspecified atom stereocenters. The van der Waals surface area contributed by atoms with Gasteiger partial charge in [0.25, 0.3) is 0 Å². The van der Waals surface area contributed by atoms with Crippen LogP contribution in [0.5, 0.6) is 11.5 Å². The molecule has 0 amide bonds. The second-order valence-electron chi connectivity index (χ2n) is 7.45. The van der Waals surface area contributed by atoms with E-state index in [-0.39, 0.29) is 9.92 Å². The first-order chi connectivity index (χ1) is 15.8. The van der Waals surface area contributed by atoms with E-state index in [1.165, 1.54) is 16.4 Å². The van der Waals surface area contributed by atoms with Gasteiger partial charge in [-0.1, -0.05) is 29.3 Å². The number of hydrogen-bond acceptors (Lipinski definition) is 7. The summed E-state index contributed by atoms with van der Waals surface area (Å²) in [5, 5.41) is 3.41. The summed E-state index contributed by atoms with van der Waals surface area (Å²) >= 11 is 13.7. The molecule has 3 aromatic rings. The Bertz CT molecular complexity index is 1240. The van der Waals surface area contributed by atoms with Crippen LogP contribution in [0, 0.1) is 0 Å². The van der Waals surface area contributed by atoms with Gasteiger partial charge in [0, 0.05) is 43.0 Å². The predicted molar refractivity (Wildman–Crippen MR) is 132 cm³/mol. The van der Waals surface area contributed by atoms with Crippen LogP contribution in [-0.2, 0) is 16.4 Å². The summed E-state index contributed by atoms with van der Waals surface area (Å²) in [6, 6.07) is 10.3. The number of hydrogen-bond donors (Lipinski definition) is 0. The van der Waals surface area contributed by atoms with Crippen LogP contribution in [0.15, 0.2) is 46.7 Å². The van der Waals surface area contributed by atoms with Gasteiger partial charge in [-0.3, -0.25) is 0 Å². The number of rotatable bonds is 7. The zero-order chi connectivity index (χ0) is 23.6. The van der Waals surface area contributed by atoms with Crippen LogP contribution in [0.3, 0.4) is 0 Å². The minimum atomic E-state index is -3.72. The Kier molecular flexibility index (Phi) is 7.35. The van der Waals surface area contributed by atoms with Gasteiger partial charge in [0.15, 0.2) is 16.6 Å². The molecule has 33 heavy (non-hydrogen) atoms. The molecule has 2 aromatic carbocycles. The quantitative estimate of drug-likeness (QED) is 0.448. The van der Waals surface area contributed by atoms with Crippen molar-refractivity contribution in [2.24, 2.45) is 0 Å². The summed E-state index contributed by atoms with van der Waals surface area (Å²) in [7, 11) is -0.494. The largest absolute Gasteiger partial charge is 0.493 e. The monoisotopic (exact) mass is 527 g/mol. The van der Waals surface area contributed by atoms with Crippen molar-refractivity contribution < 1.29 is 17.9 Å². The lowest BCUT2D eigenvalue weighted by Crippen LogP contribution is -2.48. The Morgan fingerprint density at radius 2 is 1.73 bits per heavy atom. The molecular weight excluding hydrogens is 505 g/mol. The SMILES string of the molecule is COc1ccc(Cc2csc(N3CCN(S(=O)(=O)c4cc(Cl)ccc4Cl)CC3)n2)cc1OC. The molecule has 2 heterocycles. The summed E-state index contributed by atoms with van der Waals surface area (Å²) in [5.41, 5.74) is 2.02. The van der Waals surface area contributed by atoms with Crippen LogP contribution in [0.4, 0.5) is 5.13 Å². The number of ether oxygens (including phenoxy) is 2. The van der Waals surface area contributed by atoms with E-state index in [1.54, 1.807) is 31.6 Å². The molecule has 0 spiro atoms. The van der Waals surface area contributed by atoms with E-state index in [1.807, 2.05) is 23.6 Å². The lowest BCUT2D eigenvalue weighted by atomic mass is 10.1. The van der Waals surface area contributed by atoms with Crippen LogP contribution in [0.25, 0.3) is 0 Å². The van der Waals surface area contributed by atoms with Gasteiger partial charge in [-0.15, -0.1) is 11.3 Å². The first-order valence-corrected chi connectivity index (χ1v) is 13.2. The first-order valence-electron chi connectivity index (χ1n) is 10.2. The average molecular weight is 528 g/mol. The minimum Gasteiger partial charge on any atom is -0.493 e. The van der Waals surface area contributed by atoms with Crippen LogP contribution in [-0.4, -0.2) is 58.1 Å². The zero-order valence-electron chi connectivity index (χ0n) is 18.1. The molecule has 1 aliphatic rings.